The second kappa shape index (κ2) is 6.85. The molecule has 1 atom stereocenters. The summed E-state index contributed by atoms with van der Waals surface area (Å²) in [7, 11) is 1.75. The number of nitrogens with zero attached hydrogens (tertiary/aromatic N) is 3. The number of hydrogen-bond donors (Lipinski definition) is 2. The molecule has 1 fully saturated rings. The van der Waals surface area contributed by atoms with Crippen molar-refractivity contribution in [1.29, 1.82) is 0 Å². The molecule has 1 amide bonds. The molecule has 1 aromatic heterocycles. The molecule has 6 heteroatoms. The quantitative estimate of drug-likeness (QED) is 0.882. The number of nitrogens with one attached hydrogen (secondary N) is 1. The molecule has 2 rings (SSSR count). The highest BCUT2D eigenvalue weighted by molar-refractivity contribution is 5.97. The van der Waals surface area contributed by atoms with E-state index >= 15 is 0 Å². The minimum absolute atomic E-state index is 0.00273. The number of aliphatic hydroxyl groups is 1. The Bertz CT molecular complexity index is 504. The van der Waals surface area contributed by atoms with Crippen molar-refractivity contribution in [1.82, 2.24) is 14.9 Å². The first-order chi connectivity index (χ1) is 10.1. The second-order valence-corrected chi connectivity index (χ2v) is 5.73. The standard InChI is InChI=1S/C15H24N4O2/c1-10(2)14-17-8-12(16-3)13(18-14)15(21)19-7-5-4-6-11(19)9-20/h8,10-11,16,20H,4-7,9H2,1-3H3. The van der Waals surface area contributed by atoms with E-state index in [0.717, 1.165) is 19.3 Å². The largest absolute Gasteiger partial charge is 0.394 e. The fourth-order valence-electron chi connectivity index (χ4n) is 2.61. The van der Waals surface area contributed by atoms with E-state index in [4.69, 9.17) is 0 Å². The summed E-state index contributed by atoms with van der Waals surface area (Å²) in [6.45, 7) is 4.68. The van der Waals surface area contributed by atoms with Gasteiger partial charge in [0.05, 0.1) is 24.5 Å². The SMILES string of the molecule is CNc1cnc(C(C)C)nc1C(=O)N1CCCCC1CO. The zero-order valence-electron chi connectivity index (χ0n) is 13.0. The van der Waals surface area contributed by atoms with Gasteiger partial charge in [-0.1, -0.05) is 13.8 Å². The Morgan fingerprint density at radius 1 is 1.52 bits per heavy atom. The normalized spacial score (nSPS) is 18.9. The lowest BCUT2D eigenvalue weighted by Crippen LogP contribution is -2.46. The van der Waals surface area contributed by atoms with Crippen molar-refractivity contribution in [2.45, 2.75) is 45.1 Å². The number of rotatable bonds is 4. The van der Waals surface area contributed by atoms with Crippen molar-refractivity contribution in [3.8, 4) is 0 Å². The average Bonchev–Trinajstić information content (AvgIpc) is 2.53. The minimum Gasteiger partial charge on any atom is -0.394 e. The van der Waals surface area contributed by atoms with Crippen LogP contribution in [0.2, 0.25) is 0 Å². The maximum absolute atomic E-state index is 12.8. The van der Waals surface area contributed by atoms with Gasteiger partial charge < -0.3 is 15.3 Å². The molecule has 1 unspecified atom stereocenters. The summed E-state index contributed by atoms with van der Waals surface area (Å²) in [6.07, 6.45) is 4.53. The lowest BCUT2D eigenvalue weighted by atomic mass is 10.0. The smallest absolute Gasteiger partial charge is 0.275 e. The second-order valence-electron chi connectivity index (χ2n) is 5.73. The summed E-state index contributed by atoms with van der Waals surface area (Å²) in [4.78, 5) is 23.3. The fourth-order valence-corrected chi connectivity index (χ4v) is 2.61. The fraction of sp³-hybridized carbons (Fsp3) is 0.667. The summed E-state index contributed by atoms with van der Waals surface area (Å²) in [5.74, 6) is 0.703. The van der Waals surface area contributed by atoms with E-state index in [1.807, 2.05) is 13.8 Å². The Kier molecular flexibility index (Phi) is 5.12. The van der Waals surface area contributed by atoms with Gasteiger partial charge in [0.1, 0.15) is 5.82 Å². The molecule has 2 heterocycles. The zero-order valence-corrected chi connectivity index (χ0v) is 13.0. The number of aromatic nitrogens is 2. The van der Waals surface area contributed by atoms with Gasteiger partial charge in [-0.3, -0.25) is 4.79 Å². The van der Waals surface area contributed by atoms with Crippen LogP contribution in [0.4, 0.5) is 5.69 Å². The van der Waals surface area contributed by atoms with Gasteiger partial charge in [0.2, 0.25) is 0 Å². The highest BCUT2D eigenvalue weighted by Gasteiger charge is 2.29. The van der Waals surface area contributed by atoms with Crippen LogP contribution < -0.4 is 5.32 Å². The van der Waals surface area contributed by atoms with Gasteiger partial charge in [-0.2, -0.15) is 0 Å². The Morgan fingerprint density at radius 3 is 2.90 bits per heavy atom. The van der Waals surface area contributed by atoms with E-state index in [9.17, 15) is 9.90 Å². The number of aliphatic hydroxyl groups excluding tert-OH is 1. The van der Waals surface area contributed by atoms with Crippen LogP contribution in [-0.4, -0.2) is 52.1 Å². The molecule has 2 N–H and O–H groups in total. The molecule has 1 aromatic rings. The Hall–Kier alpha value is -1.69. The first-order valence-corrected chi connectivity index (χ1v) is 7.55. The first kappa shape index (κ1) is 15.7. The van der Waals surface area contributed by atoms with Gasteiger partial charge in [0, 0.05) is 19.5 Å². The van der Waals surface area contributed by atoms with Crippen LogP contribution in [0.15, 0.2) is 6.20 Å². The van der Waals surface area contributed by atoms with Crippen molar-refractivity contribution >= 4 is 11.6 Å². The maximum atomic E-state index is 12.8. The zero-order chi connectivity index (χ0) is 15.4. The van der Waals surface area contributed by atoms with Gasteiger partial charge in [-0.05, 0) is 19.3 Å². The predicted molar refractivity (Wildman–Crippen MR) is 81.4 cm³/mol. The molecular formula is C15H24N4O2. The lowest BCUT2D eigenvalue weighted by Gasteiger charge is -2.34. The molecule has 0 saturated carbocycles. The Morgan fingerprint density at radius 2 is 2.29 bits per heavy atom. The molecule has 1 aliphatic heterocycles. The number of piperidine rings is 1. The van der Waals surface area contributed by atoms with E-state index < -0.39 is 0 Å². The van der Waals surface area contributed by atoms with Crippen molar-refractivity contribution < 1.29 is 9.90 Å². The van der Waals surface area contributed by atoms with Crippen LogP contribution in [0.5, 0.6) is 0 Å². The molecule has 21 heavy (non-hydrogen) atoms. The summed E-state index contributed by atoms with van der Waals surface area (Å²) < 4.78 is 0. The number of anilines is 1. The van der Waals surface area contributed by atoms with E-state index in [1.54, 1.807) is 18.1 Å². The molecule has 6 nitrogen and oxygen atoms in total. The molecule has 1 aliphatic rings. The third-order valence-corrected chi connectivity index (χ3v) is 3.89. The van der Waals surface area contributed by atoms with Gasteiger partial charge in [-0.15, -0.1) is 0 Å². The monoisotopic (exact) mass is 292 g/mol. The van der Waals surface area contributed by atoms with Gasteiger partial charge in [0.15, 0.2) is 5.69 Å². The highest BCUT2D eigenvalue weighted by atomic mass is 16.3. The van der Waals surface area contributed by atoms with Gasteiger partial charge >= 0.3 is 0 Å². The molecule has 1 saturated heterocycles. The first-order valence-electron chi connectivity index (χ1n) is 7.55. The van der Waals surface area contributed by atoms with E-state index in [1.165, 1.54) is 0 Å². The van der Waals surface area contributed by atoms with Crippen molar-refractivity contribution in [3.63, 3.8) is 0 Å². The third kappa shape index (κ3) is 3.32. The topological polar surface area (TPSA) is 78.4 Å². The lowest BCUT2D eigenvalue weighted by molar-refractivity contribution is 0.0498. The molecule has 0 radical (unpaired) electrons. The van der Waals surface area contributed by atoms with Crippen LogP contribution in [0.3, 0.4) is 0 Å². The predicted octanol–water partition coefficient (Wildman–Crippen LogP) is 1.63. The van der Waals surface area contributed by atoms with Crippen LogP contribution in [-0.2, 0) is 0 Å². The van der Waals surface area contributed by atoms with Crippen molar-refractivity contribution in [2.24, 2.45) is 0 Å². The molecule has 0 spiro atoms. The number of carbonyl (C=O) groups excluding carboxylic acids is 1. The van der Waals surface area contributed by atoms with Crippen LogP contribution >= 0.6 is 0 Å². The van der Waals surface area contributed by atoms with Crippen LogP contribution in [0.25, 0.3) is 0 Å². The molecule has 0 bridgehead atoms. The molecule has 116 valence electrons. The van der Waals surface area contributed by atoms with Crippen LogP contribution in [0, 0.1) is 0 Å². The van der Waals surface area contributed by atoms with Crippen LogP contribution in [0.1, 0.15) is 55.3 Å². The maximum Gasteiger partial charge on any atom is 0.275 e. The summed E-state index contributed by atoms with van der Waals surface area (Å²) in [6, 6.07) is -0.103. The van der Waals surface area contributed by atoms with Gasteiger partial charge in [0.25, 0.3) is 5.91 Å². The van der Waals surface area contributed by atoms with Crippen molar-refractivity contribution in [3.05, 3.63) is 17.7 Å². The highest BCUT2D eigenvalue weighted by Crippen LogP contribution is 2.23. The molecular weight excluding hydrogens is 268 g/mol. The summed E-state index contributed by atoms with van der Waals surface area (Å²) in [5, 5.41) is 12.5. The molecule has 0 aliphatic carbocycles. The van der Waals surface area contributed by atoms with E-state index in [0.29, 0.717) is 23.8 Å². The summed E-state index contributed by atoms with van der Waals surface area (Å²) >= 11 is 0. The Balaban J connectivity index is 2.34. The van der Waals surface area contributed by atoms with Crippen molar-refractivity contribution in [2.75, 3.05) is 25.5 Å². The number of hydrogen-bond acceptors (Lipinski definition) is 5. The van der Waals surface area contributed by atoms with Gasteiger partial charge in [-0.25, -0.2) is 9.97 Å². The third-order valence-electron chi connectivity index (χ3n) is 3.89. The minimum atomic E-state index is -0.123. The Labute approximate surface area is 125 Å². The molecule has 0 aromatic carbocycles. The number of amides is 1. The number of carbonyl (C=O) groups is 1. The van der Waals surface area contributed by atoms with E-state index in [-0.39, 0.29) is 24.5 Å². The number of likely N-dealkylation sites (tertiary alicyclic amines) is 1. The summed E-state index contributed by atoms with van der Waals surface area (Å²) in [5.41, 5.74) is 1.03. The van der Waals surface area contributed by atoms with E-state index in [2.05, 4.69) is 15.3 Å². The average molecular weight is 292 g/mol.